The molecule has 0 aromatic heterocycles. The van der Waals surface area contributed by atoms with Crippen LogP contribution in [0.2, 0.25) is 0 Å². The molecule has 396 valence electrons. The molecule has 0 bridgehead atoms. The first-order chi connectivity index (χ1) is 32.3. The number of carbonyl (C=O) groups is 2. The van der Waals surface area contributed by atoms with Gasteiger partial charge in [0.05, 0.1) is 0 Å². The lowest BCUT2D eigenvalue weighted by Gasteiger charge is -2.35. The predicted molar refractivity (Wildman–Crippen MR) is 301 cm³/mol. The summed E-state index contributed by atoms with van der Waals surface area (Å²) < 4.78 is 13.2. The van der Waals surface area contributed by atoms with E-state index in [1.54, 1.807) is 0 Å². The number of phenolic OH excluding ortho intramolecular Hbond substituents is 2. The molecule has 0 saturated carbocycles. The van der Waals surface area contributed by atoms with E-state index in [4.69, 9.17) is 34.7 Å². The number of carbonyl (C=O) groups excluding carboxylic acids is 2. The van der Waals surface area contributed by atoms with Crippen LogP contribution >= 0.6 is 25.3 Å². The second kappa shape index (κ2) is 30.0. The van der Waals surface area contributed by atoms with Crippen LogP contribution in [0, 0.1) is 5.41 Å². The number of esters is 2. The number of thiol groups is 2. The van der Waals surface area contributed by atoms with Crippen molar-refractivity contribution in [2.45, 2.75) is 285 Å². The van der Waals surface area contributed by atoms with Gasteiger partial charge in [-0.25, -0.2) is 0 Å². The van der Waals surface area contributed by atoms with Gasteiger partial charge >= 0.3 is 11.9 Å². The third-order valence-corrected chi connectivity index (χ3v) is 14.9. The van der Waals surface area contributed by atoms with Gasteiger partial charge in [-0.1, -0.05) is 237 Å². The molecule has 2 rings (SSSR count). The molecular formula is C61H104O6S2. The highest BCUT2D eigenvalue weighted by atomic mass is 32.1. The fourth-order valence-corrected chi connectivity index (χ4v) is 10.1. The van der Waals surface area contributed by atoms with Crippen molar-refractivity contribution in [1.82, 2.24) is 0 Å². The molecule has 0 aliphatic carbocycles. The highest BCUT2D eigenvalue weighted by Gasteiger charge is 2.51. The van der Waals surface area contributed by atoms with E-state index in [1.165, 1.54) is 89.9 Å². The summed E-state index contributed by atoms with van der Waals surface area (Å²) >= 11 is 9.47. The van der Waals surface area contributed by atoms with Gasteiger partial charge < -0.3 is 19.7 Å². The highest BCUT2D eigenvalue weighted by molar-refractivity contribution is 7.80. The van der Waals surface area contributed by atoms with Gasteiger partial charge in [-0.3, -0.25) is 9.59 Å². The first-order valence-electron chi connectivity index (χ1n) is 27.6. The Labute approximate surface area is 435 Å². The number of rotatable bonds is 32. The Bertz CT molecular complexity index is 1600. The minimum atomic E-state index is -1.83. The van der Waals surface area contributed by atoms with Crippen molar-refractivity contribution in [2.24, 2.45) is 5.41 Å². The minimum absolute atomic E-state index is 0.0111. The van der Waals surface area contributed by atoms with Crippen molar-refractivity contribution >= 4 is 37.2 Å². The standard InChI is InChI=1S/C61H104O6S2/c1-15-17-19-21-23-25-27-29-31-33-35-47(43-68)66-55(64)61(41-45-37-49(57(3,4)5)53(62)50(38-45)58(6,7)8,42-46-39-51(59(9,10)11)54(63)52(40-46)60(12,13)14)56(65)67-48(44-69)36-34-32-30-28-26-24-22-20-18-16-2/h37-40,47-48,62-63,68-69H,15-36,41-44H2,1-14H3. The molecule has 8 heteroatoms. The smallest absolute Gasteiger partial charge is 0.324 e. The van der Waals surface area contributed by atoms with E-state index in [9.17, 15) is 10.2 Å². The largest absolute Gasteiger partial charge is 0.507 e. The number of phenols is 2. The summed E-state index contributed by atoms with van der Waals surface area (Å²) in [6.07, 6.45) is 24.3. The zero-order valence-corrected chi connectivity index (χ0v) is 48.6. The van der Waals surface area contributed by atoms with E-state index in [0.29, 0.717) is 24.3 Å². The van der Waals surface area contributed by atoms with E-state index in [0.717, 1.165) is 71.9 Å². The number of aromatic hydroxyl groups is 2. The second-order valence-corrected chi connectivity index (χ2v) is 25.6. The van der Waals surface area contributed by atoms with E-state index >= 15 is 9.59 Å². The molecule has 0 saturated heterocycles. The van der Waals surface area contributed by atoms with Crippen LogP contribution in [0.15, 0.2) is 24.3 Å². The van der Waals surface area contributed by atoms with Gasteiger partial charge in [-0.15, -0.1) is 0 Å². The number of unbranched alkanes of at least 4 members (excludes halogenated alkanes) is 18. The van der Waals surface area contributed by atoms with Crippen LogP contribution < -0.4 is 0 Å². The van der Waals surface area contributed by atoms with Crippen molar-refractivity contribution in [2.75, 3.05) is 11.5 Å². The van der Waals surface area contributed by atoms with Gasteiger partial charge in [0.1, 0.15) is 23.7 Å². The van der Waals surface area contributed by atoms with Gasteiger partial charge in [0, 0.05) is 11.5 Å². The Kier molecular flexibility index (Phi) is 27.3. The Balaban J connectivity index is 2.78. The SMILES string of the molecule is CCCCCCCCCCCCC(CS)OC(=O)C(Cc1cc(C(C)(C)C)c(O)c(C(C)(C)C)c1)(Cc1cc(C(C)(C)C)c(O)c(C(C)(C)C)c1)C(=O)OC(CS)CCCCCCCCCCCC. The molecule has 2 aromatic carbocycles. The normalized spacial score (nSPS) is 13.7. The number of hydrogen-bond acceptors (Lipinski definition) is 8. The summed E-state index contributed by atoms with van der Waals surface area (Å²) in [4.78, 5) is 31.3. The van der Waals surface area contributed by atoms with Crippen molar-refractivity contribution in [3.05, 3.63) is 57.6 Å². The zero-order valence-electron chi connectivity index (χ0n) is 46.8. The summed E-state index contributed by atoms with van der Waals surface area (Å²) in [5.74, 6) is -0.126. The maximum absolute atomic E-state index is 15.7. The summed E-state index contributed by atoms with van der Waals surface area (Å²) in [5, 5.41) is 23.7. The number of ether oxygens (including phenoxy) is 2. The number of benzene rings is 2. The van der Waals surface area contributed by atoms with Crippen LogP contribution in [0.1, 0.15) is 272 Å². The molecule has 2 N–H and O–H groups in total. The van der Waals surface area contributed by atoms with Gasteiger partial charge in [0.15, 0.2) is 5.41 Å². The summed E-state index contributed by atoms with van der Waals surface area (Å²) in [5.41, 5.74) is 0.887. The molecule has 0 aliphatic heterocycles. The van der Waals surface area contributed by atoms with Gasteiger partial charge in [0.25, 0.3) is 0 Å². The third kappa shape index (κ3) is 21.4. The fraction of sp³-hybridized carbons (Fsp3) is 0.770. The van der Waals surface area contributed by atoms with Crippen molar-refractivity contribution < 1.29 is 29.3 Å². The van der Waals surface area contributed by atoms with Crippen LogP contribution in [0.5, 0.6) is 11.5 Å². The molecule has 0 fully saturated rings. The van der Waals surface area contributed by atoms with Crippen molar-refractivity contribution in [1.29, 1.82) is 0 Å². The molecule has 0 heterocycles. The fourth-order valence-electron chi connectivity index (χ4n) is 9.63. The Morgan fingerprint density at radius 2 is 0.667 bits per heavy atom. The first-order valence-corrected chi connectivity index (χ1v) is 28.9. The maximum atomic E-state index is 15.7. The highest BCUT2D eigenvalue weighted by Crippen LogP contribution is 2.45. The molecule has 0 spiro atoms. The average molecular weight is 998 g/mol. The van der Waals surface area contributed by atoms with E-state index in [2.05, 4.69) is 96.9 Å². The Hall–Kier alpha value is -2.32. The van der Waals surface area contributed by atoms with Gasteiger partial charge in [-0.05, 0) is 93.6 Å². The summed E-state index contributed by atoms with van der Waals surface area (Å²) in [6, 6.07) is 7.88. The molecule has 2 aromatic rings. The Morgan fingerprint density at radius 3 is 0.884 bits per heavy atom. The molecule has 0 radical (unpaired) electrons. The topological polar surface area (TPSA) is 93.1 Å². The van der Waals surface area contributed by atoms with E-state index in [-0.39, 0.29) is 24.3 Å². The molecule has 0 amide bonds. The maximum Gasteiger partial charge on any atom is 0.324 e. The monoisotopic (exact) mass is 997 g/mol. The quantitative estimate of drug-likeness (QED) is 0.0253. The van der Waals surface area contributed by atoms with Gasteiger partial charge in [0.2, 0.25) is 0 Å². The lowest BCUT2D eigenvalue weighted by atomic mass is 9.71. The molecule has 6 nitrogen and oxygen atoms in total. The van der Waals surface area contributed by atoms with Crippen LogP contribution in [0.25, 0.3) is 0 Å². The predicted octanol–water partition coefficient (Wildman–Crippen LogP) is 17.4. The molecule has 2 unspecified atom stereocenters. The lowest BCUT2D eigenvalue weighted by molar-refractivity contribution is -0.178. The second-order valence-electron chi connectivity index (χ2n) is 24.9. The zero-order chi connectivity index (χ0) is 52.1. The lowest BCUT2D eigenvalue weighted by Crippen LogP contribution is -2.48. The van der Waals surface area contributed by atoms with Gasteiger partial charge in [-0.2, -0.15) is 25.3 Å². The average Bonchev–Trinajstić information content (AvgIpc) is 3.25. The van der Waals surface area contributed by atoms with Crippen molar-refractivity contribution in [3.63, 3.8) is 0 Å². The minimum Gasteiger partial charge on any atom is -0.507 e. The molecule has 2 atom stereocenters. The molecular weight excluding hydrogens is 893 g/mol. The van der Waals surface area contributed by atoms with E-state index in [1.807, 2.05) is 24.3 Å². The third-order valence-electron chi connectivity index (χ3n) is 14.1. The summed E-state index contributed by atoms with van der Waals surface area (Å²) in [7, 11) is 0. The van der Waals surface area contributed by atoms with E-state index < -0.39 is 51.2 Å². The van der Waals surface area contributed by atoms with Crippen LogP contribution in [-0.2, 0) is 53.6 Å². The molecule has 69 heavy (non-hydrogen) atoms. The van der Waals surface area contributed by atoms with Crippen LogP contribution in [-0.4, -0.2) is 45.9 Å². The first kappa shape index (κ1) is 62.8. The molecule has 0 aliphatic rings. The van der Waals surface area contributed by atoms with Crippen molar-refractivity contribution in [3.8, 4) is 11.5 Å². The summed E-state index contributed by atoms with van der Waals surface area (Å²) in [6.45, 7) is 29.4. The van der Waals surface area contributed by atoms with Crippen LogP contribution in [0.3, 0.4) is 0 Å². The van der Waals surface area contributed by atoms with Crippen LogP contribution in [0.4, 0.5) is 0 Å². The number of hydrogen-bond donors (Lipinski definition) is 4. The Morgan fingerprint density at radius 1 is 0.435 bits per heavy atom.